The van der Waals surface area contributed by atoms with Crippen LogP contribution in [0, 0.1) is 0 Å². The van der Waals surface area contributed by atoms with Crippen LogP contribution in [-0.4, -0.2) is 10.2 Å². The van der Waals surface area contributed by atoms with Crippen molar-refractivity contribution in [3.63, 3.8) is 0 Å². The molecule has 1 aromatic heterocycles. The molecule has 0 radical (unpaired) electrons. The van der Waals surface area contributed by atoms with E-state index in [-0.39, 0.29) is 12.0 Å². The average Bonchev–Trinajstić information content (AvgIpc) is 2.32. The summed E-state index contributed by atoms with van der Waals surface area (Å²) in [7, 11) is 0. The minimum atomic E-state index is -4.48. The number of H-pyrrole nitrogens is 2. The summed E-state index contributed by atoms with van der Waals surface area (Å²) in [5, 5.41) is 3.76. The van der Waals surface area contributed by atoms with Gasteiger partial charge in [0.05, 0.1) is 0 Å². The molecule has 0 aliphatic carbocycles. The van der Waals surface area contributed by atoms with Gasteiger partial charge in [0.25, 0.3) is 5.56 Å². The molecule has 1 rings (SSSR count). The lowest BCUT2D eigenvalue weighted by Gasteiger charge is -2.04. The minimum absolute atomic E-state index is 0.133. The molecule has 0 aromatic carbocycles. The average molecular weight is 194 g/mol. The van der Waals surface area contributed by atoms with Crippen LogP contribution in [0.2, 0.25) is 0 Å². The summed E-state index contributed by atoms with van der Waals surface area (Å²) in [6.07, 6.45) is -3.85. The Bertz CT molecular complexity index is 336. The third-order valence-corrected chi connectivity index (χ3v) is 1.66. The first-order valence-corrected chi connectivity index (χ1v) is 3.83. The van der Waals surface area contributed by atoms with Crippen molar-refractivity contribution in [3.05, 3.63) is 21.6 Å². The van der Waals surface area contributed by atoms with Crippen LogP contribution >= 0.6 is 0 Å². The molecule has 0 amide bonds. The van der Waals surface area contributed by atoms with Gasteiger partial charge in [-0.1, -0.05) is 13.3 Å². The molecule has 13 heavy (non-hydrogen) atoms. The maximum absolute atomic E-state index is 12.2. The first kappa shape index (κ1) is 9.88. The van der Waals surface area contributed by atoms with Crippen molar-refractivity contribution in [1.29, 1.82) is 0 Å². The van der Waals surface area contributed by atoms with Crippen molar-refractivity contribution in [1.82, 2.24) is 10.2 Å². The summed E-state index contributed by atoms with van der Waals surface area (Å²) in [5.74, 6) is 0. The van der Waals surface area contributed by atoms with E-state index < -0.39 is 17.4 Å². The van der Waals surface area contributed by atoms with Crippen molar-refractivity contribution in [2.45, 2.75) is 25.9 Å². The molecule has 0 unspecified atom stereocenters. The molecule has 74 valence electrons. The number of aromatic amines is 2. The van der Waals surface area contributed by atoms with Crippen molar-refractivity contribution in [2.75, 3.05) is 0 Å². The Balaban J connectivity index is 3.15. The van der Waals surface area contributed by atoms with E-state index in [0.29, 0.717) is 6.42 Å². The van der Waals surface area contributed by atoms with E-state index in [1.807, 2.05) is 10.2 Å². The molecular weight excluding hydrogens is 185 g/mol. The second-order valence-electron chi connectivity index (χ2n) is 2.68. The molecular formula is C7H9F3N2O. The van der Waals surface area contributed by atoms with Gasteiger partial charge in [-0.05, 0) is 6.42 Å². The van der Waals surface area contributed by atoms with Crippen molar-refractivity contribution < 1.29 is 13.2 Å². The molecule has 0 spiro atoms. The predicted octanol–water partition coefficient (Wildman–Crippen LogP) is 1.67. The van der Waals surface area contributed by atoms with Crippen LogP contribution in [0.1, 0.15) is 24.6 Å². The van der Waals surface area contributed by atoms with E-state index in [9.17, 15) is 18.0 Å². The quantitative estimate of drug-likeness (QED) is 0.739. The van der Waals surface area contributed by atoms with Gasteiger partial charge in [-0.15, -0.1) is 0 Å². The highest BCUT2D eigenvalue weighted by Crippen LogP contribution is 2.29. The number of halogens is 3. The molecule has 0 fully saturated rings. The molecule has 0 aliphatic heterocycles. The van der Waals surface area contributed by atoms with Gasteiger partial charge in [-0.3, -0.25) is 15.0 Å². The van der Waals surface area contributed by atoms with Crippen molar-refractivity contribution in [3.8, 4) is 0 Å². The Hall–Kier alpha value is -1.20. The SMILES string of the molecule is CCCc1c(C(F)(F)F)[nH][nH]c1=O. The lowest BCUT2D eigenvalue weighted by atomic mass is 10.1. The standard InChI is InChI=1S/C7H9F3N2O/c1-2-3-4-5(7(8,9)10)11-12-6(4)13/h2-3H2,1H3,(H2,11,12,13). The van der Waals surface area contributed by atoms with Crippen LogP contribution in [0.3, 0.4) is 0 Å². The lowest BCUT2D eigenvalue weighted by Crippen LogP contribution is -2.12. The number of nitrogens with one attached hydrogen (secondary N) is 2. The summed E-state index contributed by atoms with van der Waals surface area (Å²) in [5.41, 5.74) is -1.86. The summed E-state index contributed by atoms with van der Waals surface area (Å²) in [4.78, 5) is 10.9. The Kier molecular flexibility index (Phi) is 2.49. The highest BCUT2D eigenvalue weighted by atomic mass is 19.4. The van der Waals surface area contributed by atoms with E-state index in [2.05, 4.69) is 0 Å². The van der Waals surface area contributed by atoms with E-state index in [1.165, 1.54) is 0 Å². The zero-order chi connectivity index (χ0) is 10.1. The van der Waals surface area contributed by atoms with Crippen LogP contribution in [0.15, 0.2) is 4.79 Å². The summed E-state index contributed by atoms with van der Waals surface area (Å²) >= 11 is 0. The molecule has 1 heterocycles. The second-order valence-corrected chi connectivity index (χ2v) is 2.68. The molecule has 6 heteroatoms. The second kappa shape index (κ2) is 3.27. The third-order valence-electron chi connectivity index (χ3n) is 1.66. The molecule has 0 saturated heterocycles. The van der Waals surface area contributed by atoms with Crippen molar-refractivity contribution in [2.24, 2.45) is 0 Å². The first-order valence-electron chi connectivity index (χ1n) is 3.83. The molecule has 2 N–H and O–H groups in total. The van der Waals surface area contributed by atoms with Gasteiger partial charge in [0.15, 0.2) is 0 Å². The number of alkyl halides is 3. The monoisotopic (exact) mass is 194 g/mol. The molecule has 0 aliphatic rings. The molecule has 0 bridgehead atoms. The van der Waals surface area contributed by atoms with E-state index in [1.54, 1.807) is 6.92 Å². The van der Waals surface area contributed by atoms with Crippen LogP contribution < -0.4 is 5.56 Å². The van der Waals surface area contributed by atoms with Crippen LogP contribution in [0.4, 0.5) is 13.2 Å². The van der Waals surface area contributed by atoms with E-state index >= 15 is 0 Å². The van der Waals surface area contributed by atoms with Crippen LogP contribution in [0.25, 0.3) is 0 Å². The van der Waals surface area contributed by atoms with Gasteiger partial charge in [-0.2, -0.15) is 13.2 Å². The van der Waals surface area contributed by atoms with Gasteiger partial charge in [0.2, 0.25) is 0 Å². The van der Waals surface area contributed by atoms with E-state index in [0.717, 1.165) is 0 Å². The van der Waals surface area contributed by atoms with Gasteiger partial charge in [-0.25, -0.2) is 0 Å². The maximum atomic E-state index is 12.2. The van der Waals surface area contributed by atoms with E-state index in [4.69, 9.17) is 0 Å². The predicted molar refractivity (Wildman–Crippen MR) is 40.4 cm³/mol. The first-order chi connectivity index (χ1) is 5.96. The topological polar surface area (TPSA) is 48.6 Å². The fourth-order valence-electron chi connectivity index (χ4n) is 1.11. The zero-order valence-corrected chi connectivity index (χ0v) is 6.96. The molecule has 0 atom stereocenters. The minimum Gasteiger partial charge on any atom is -0.293 e. The molecule has 1 aromatic rings. The van der Waals surface area contributed by atoms with Crippen molar-refractivity contribution >= 4 is 0 Å². The number of aromatic nitrogens is 2. The third kappa shape index (κ3) is 1.93. The summed E-state index contributed by atoms with van der Waals surface area (Å²) in [6, 6.07) is 0. The normalized spacial score (nSPS) is 12.0. The Morgan fingerprint density at radius 1 is 1.31 bits per heavy atom. The smallest absolute Gasteiger partial charge is 0.293 e. The van der Waals surface area contributed by atoms with Gasteiger partial charge >= 0.3 is 6.18 Å². The Labute approximate surface area is 71.9 Å². The largest absolute Gasteiger partial charge is 0.433 e. The maximum Gasteiger partial charge on any atom is 0.433 e. The number of rotatable bonds is 2. The zero-order valence-electron chi connectivity index (χ0n) is 6.96. The molecule has 0 saturated carbocycles. The highest BCUT2D eigenvalue weighted by molar-refractivity contribution is 5.19. The van der Waals surface area contributed by atoms with Crippen LogP contribution in [0.5, 0.6) is 0 Å². The van der Waals surface area contributed by atoms with Gasteiger partial charge < -0.3 is 0 Å². The summed E-state index contributed by atoms with van der Waals surface area (Å²) in [6.45, 7) is 1.71. The molecule has 3 nitrogen and oxygen atoms in total. The summed E-state index contributed by atoms with van der Waals surface area (Å²) < 4.78 is 36.6. The Morgan fingerprint density at radius 2 is 1.92 bits per heavy atom. The van der Waals surface area contributed by atoms with Gasteiger partial charge in [0, 0.05) is 5.56 Å². The Morgan fingerprint density at radius 3 is 2.38 bits per heavy atom. The number of hydrogen-bond donors (Lipinski definition) is 2. The number of hydrogen-bond acceptors (Lipinski definition) is 1. The van der Waals surface area contributed by atoms with Crippen LogP contribution in [-0.2, 0) is 12.6 Å². The fourth-order valence-corrected chi connectivity index (χ4v) is 1.11. The fraction of sp³-hybridized carbons (Fsp3) is 0.571. The lowest BCUT2D eigenvalue weighted by molar-refractivity contribution is -0.141. The van der Waals surface area contributed by atoms with Gasteiger partial charge in [0.1, 0.15) is 5.69 Å². The highest BCUT2D eigenvalue weighted by Gasteiger charge is 2.36.